The SMILES string of the molecule is CC1CCC(C(C)C)C(NC(=O)CCCCBr)C1. The average Bonchev–Trinajstić information content (AvgIpc) is 2.29. The van der Waals surface area contributed by atoms with Crippen molar-refractivity contribution in [2.45, 2.75) is 65.3 Å². The van der Waals surface area contributed by atoms with Gasteiger partial charge in [-0.2, -0.15) is 0 Å². The minimum atomic E-state index is 0.251. The Bertz CT molecular complexity index is 255. The molecule has 0 aromatic rings. The third-order valence-corrected chi connectivity index (χ3v) is 4.72. The van der Waals surface area contributed by atoms with Gasteiger partial charge >= 0.3 is 0 Å². The van der Waals surface area contributed by atoms with Crippen LogP contribution >= 0.6 is 15.9 Å². The summed E-state index contributed by atoms with van der Waals surface area (Å²) in [6.45, 7) is 6.87. The minimum Gasteiger partial charge on any atom is -0.353 e. The van der Waals surface area contributed by atoms with E-state index in [1.807, 2.05) is 0 Å². The fourth-order valence-electron chi connectivity index (χ4n) is 3.03. The van der Waals surface area contributed by atoms with Gasteiger partial charge in [-0.05, 0) is 43.4 Å². The first-order valence-corrected chi connectivity index (χ1v) is 8.52. The first-order valence-electron chi connectivity index (χ1n) is 7.40. The van der Waals surface area contributed by atoms with Crippen LogP contribution in [-0.2, 0) is 4.79 Å². The number of amides is 1. The highest BCUT2D eigenvalue weighted by Crippen LogP contribution is 2.33. The van der Waals surface area contributed by atoms with Gasteiger partial charge < -0.3 is 5.32 Å². The van der Waals surface area contributed by atoms with E-state index >= 15 is 0 Å². The largest absolute Gasteiger partial charge is 0.353 e. The smallest absolute Gasteiger partial charge is 0.220 e. The second-order valence-electron chi connectivity index (χ2n) is 6.15. The third-order valence-electron chi connectivity index (χ3n) is 4.16. The van der Waals surface area contributed by atoms with Crippen molar-refractivity contribution in [3.63, 3.8) is 0 Å². The van der Waals surface area contributed by atoms with Crippen LogP contribution in [0.5, 0.6) is 0 Å². The summed E-state index contributed by atoms with van der Waals surface area (Å²) in [4.78, 5) is 11.9. The molecule has 0 bridgehead atoms. The second kappa shape index (κ2) is 8.19. The van der Waals surface area contributed by atoms with Crippen LogP contribution in [0.3, 0.4) is 0 Å². The van der Waals surface area contributed by atoms with Gasteiger partial charge in [-0.1, -0.05) is 43.1 Å². The summed E-state index contributed by atoms with van der Waals surface area (Å²) in [5, 5.41) is 4.28. The van der Waals surface area contributed by atoms with Crippen LogP contribution in [0.15, 0.2) is 0 Å². The highest BCUT2D eigenvalue weighted by Gasteiger charge is 2.31. The van der Waals surface area contributed by atoms with Crippen LogP contribution < -0.4 is 5.32 Å². The zero-order chi connectivity index (χ0) is 13.5. The third kappa shape index (κ3) is 5.29. The number of carbonyl (C=O) groups is 1. The van der Waals surface area contributed by atoms with Gasteiger partial charge in [0, 0.05) is 17.8 Å². The monoisotopic (exact) mass is 317 g/mol. The number of rotatable bonds is 6. The topological polar surface area (TPSA) is 29.1 Å². The zero-order valence-corrected chi connectivity index (χ0v) is 13.6. The standard InChI is InChI=1S/C15H28BrNO/c1-11(2)13-8-7-12(3)10-14(13)17-15(18)6-4-5-9-16/h11-14H,4-10H2,1-3H3,(H,17,18). The number of hydrogen-bond acceptors (Lipinski definition) is 1. The Morgan fingerprint density at radius 1 is 1.33 bits per heavy atom. The van der Waals surface area contributed by atoms with Gasteiger partial charge in [0.25, 0.3) is 0 Å². The molecule has 0 spiro atoms. The fraction of sp³-hybridized carbons (Fsp3) is 0.933. The van der Waals surface area contributed by atoms with Gasteiger partial charge in [0.15, 0.2) is 0 Å². The lowest BCUT2D eigenvalue weighted by Gasteiger charge is -2.37. The van der Waals surface area contributed by atoms with Crippen molar-refractivity contribution in [3.05, 3.63) is 0 Å². The van der Waals surface area contributed by atoms with Crippen molar-refractivity contribution in [2.75, 3.05) is 5.33 Å². The molecule has 0 radical (unpaired) electrons. The van der Waals surface area contributed by atoms with Crippen molar-refractivity contribution in [2.24, 2.45) is 17.8 Å². The first-order chi connectivity index (χ1) is 8.54. The van der Waals surface area contributed by atoms with Gasteiger partial charge in [0.1, 0.15) is 0 Å². The molecule has 0 aromatic carbocycles. The summed E-state index contributed by atoms with van der Waals surface area (Å²) in [7, 11) is 0. The van der Waals surface area contributed by atoms with E-state index in [-0.39, 0.29) is 5.91 Å². The van der Waals surface area contributed by atoms with Gasteiger partial charge in [-0.25, -0.2) is 0 Å². The fourth-order valence-corrected chi connectivity index (χ4v) is 3.42. The van der Waals surface area contributed by atoms with Crippen LogP contribution in [0.1, 0.15) is 59.3 Å². The maximum absolute atomic E-state index is 11.9. The molecule has 3 unspecified atom stereocenters. The van der Waals surface area contributed by atoms with Crippen molar-refractivity contribution in [3.8, 4) is 0 Å². The molecule has 1 rings (SSSR count). The summed E-state index contributed by atoms with van der Waals surface area (Å²) in [5.41, 5.74) is 0. The molecule has 3 heteroatoms. The number of alkyl halides is 1. The Morgan fingerprint density at radius 2 is 2.06 bits per heavy atom. The summed E-state index contributed by atoms with van der Waals surface area (Å²) >= 11 is 3.40. The van der Waals surface area contributed by atoms with Gasteiger partial charge in [0.05, 0.1) is 0 Å². The minimum absolute atomic E-state index is 0.251. The first kappa shape index (κ1) is 16.0. The highest BCUT2D eigenvalue weighted by molar-refractivity contribution is 9.09. The van der Waals surface area contributed by atoms with E-state index < -0.39 is 0 Å². The van der Waals surface area contributed by atoms with E-state index in [9.17, 15) is 4.79 Å². The van der Waals surface area contributed by atoms with Crippen molar-refractivity contribution < 1.29 is 4.79 Å². The lowest BCUT2D eigenvalue weighted by atomic mass is 9.74. The molecule has 0 aromatic heterocycles. The molecule has 18 heavy (non-hydrogen) atoms. The number of carbonyl (C=O) groups excluding carboxylic acids is 1. The molecule has 1 N–H and O–H groups in total. The molecule has 1 amide bonds. The molecule has 1 aliphatic rings. The van der Waals surface area contributed by atoms with Gasteiger partial charge in [-0.15, -0.1) is 0 Å². The molecule has 0 aliphatic heterocycles. The maximum Gasteiger partial charge on any atom is 0.220 e. The zero-order valence-electron chi connectivity index (χ0n) is 12.0. The van der Waals surface area contributed by atoms with Gasteiger partial charge in [-0.3, -0.25) is 4.79 Å². The number of halogens is 1. The molecule has 3 atom stereocenters. The summed E-state index contributed by atoms with van der Waals surface area (Å²) in [6.07, 6.45) is 6.51. The van der Waals surface area contributed by atoms with Gasteiger partial charge in [0.2, 0.25) is 5.91 Å². The predicted molar refractivity (Wildman–Crippen MR) is 80.9 cm³/mol. The molecule has 2 nitrogen and oxygen atoms in total. The average molecular weight is 318 g/mol. The van der Waals surface area contributed by atoms with E-state index in [1.165, 1.54) is 12.8 Å². The van der Waals surface area contributed by atoms with Crippen LogP contribution in [0, 0.1) is 17.8 Å². The van der Waals surface area contributed by atoms with E-state index in [2.05, 4.69) is 42.0 Å². The van der Waals surface area contributed by atoms with E-state index in [0.29, 0.717) is 24.3 Å². The summed E-state index contributed by atoms with van der Waals surface area (Å²) in [5.74, 6) is 2.35. The van der Waals surface area contributed by atoms with Crippen LogP contribution in [0.2, 0.25) is 0 Å². The lowest BCUT2D eigenvalue weighted by Crippen LogP contribution is -2.45. The van der Waals surface area contributed by atoms with Crippen molar-refractivity contribution in [1.29, 1.82) is 0 Å². The van der Waals surface area contributed by atoms with Crippen molar-refractivity contribution in [1.82, 2.24) is 5.32 Å². The Labute approximate surface area is 120 Å². The summed E-state index contributed by atoms with van der Waals surface area (Å²) in [6, 6.07) is 0.408. The molecule has 1 fully saturated rings. The molecule has 1 aliphatic carbocycles. The van der Waals surface area contributed by atoms with E-state index in [0.717, 1.165) is 30.5 Å². The Balaban J connectivity index is 2.42. The number of unbranched alkanes of at least 4 members (excludes halogenated alkanes) is 1. The lowest BCUT2D eigenvalue weighted by molar-refractivity contribution is -0.122. The molecule has 106 valence electrons. The molecular formula is C15H28BrNO. The second-order valence-corrected chi connectivity index (χ2v) is 6.94. The molecular weight excluding hydrogens is 290 g/mol. The van der Waals surface area contributed by atoms with Crippen molar-refractivity contribution >= 4 is 21.8 Å². The Morgan fingerprint density at radius 3 is 2.67 bits per heavy atom. The van der Waals surface area contributed by atoms with Crippen LogP contribution in [0.4, 0.5) is 0 Å². The van der Waals surface area contributed by atoms with Crippen LogP contribution in [0.25, 0.3) is 0 Å². The predicted octanol–water partition coefficient (Wildman–Crippen LogP) is 4.13. The van der Waals surface area contributed by atoms with E-state index in [4.69, 9.17) is 0 Å². The molecule has 0 heterocycles. The maximum atomic E-state index is 11.9. The normalized spacial score (nSPS) is 28.4. The Hall–Kier alpha value is -0.0500. The quantitative estimate of drug-likeness (QED) is 0.579. The number of nitrogens with one attached hydrogen (secondary N) is 1. The van der Waals surface area contributed by atoms with E-state index in [1.54, 1.807) is 0 Å². The molecule has 0 saturated heterocycles. The molecule has 1 saturated carbocycles. The summed E-state index contributed by atoms with van der Waals surface area (Å²) < 4.78 is 0. The van der Waals surface area contributed by atoms with Crippen LogP contribution in [-0.4, -0.2) is 17.3 Å². The number of hydrogen-bond donors (Lipinski definition) is 1. The Kier molecular flexibility index (Phi) is 7.28. The highest BCUT2D eigenvalue weighted by atomic mass is 79.9.